The highest BCUT2D eigenvalue weighted by atomic mass is 32.1. The molecule has 1 aromatic heterocycles. The van der Waals surface area contributed by atoms with Crippen LogP contribution < -0.4 is 15.5 Å². The van der Waals surface area contributed by atoms with Gasteiger partial charge in [-0.2, -0.15) is 0 Å². The fourth-order valence-corrected chi connectivity index (χ4v) is 3.43. The van der Waals surface area contributed by atoms with Crippen molar-refractivity contribution >= 4 is 22.4 Å². The van der Waals surface area contributed by atoms with E-state index in [1.54, 1.807) is 18.4 Å². The van der Waals surface area contributed by atoms with Crippen molar-refractivity contribution in [3.05, 3.63) is 11.1 Å². The molecule has 0 amide bonds. The first-order valence-corrected chi connectivity index (χ1v) is 9.43. The van der Waals surface area contributed by atoms with Gasteiger partial charge in [-0.15, -0.1) is 11.3 Å². The first-order chi connectivity index (χ1) is 11.3. The second kappa shape index (κ2) is 10.4. The molecule has 1 aliphatic rings. The van der Waals surface area contributed by atoms with Crippen molar-refractivity contribution in [2.75, 3.05) is 51.3 Å². The molecule has 130 valence electrons. The van der Waals surface area contributed by atoms with Crippen LogP contribution >= 0.6 is 11.3 Å². The largest absolute Gasteiger partial charge is 0.382 e. The molecule has 0 spiro atoms. The number of thiazole rings is 1. The molecule has 2 heterocycles. The molecule has 0 bridgehead atoms. The maximum Gasteiger partial charge on any atom is 0.190 e. The molecule has 0 radical (unpaired) electrons. The van der Waals surface area contributed by atoms with Gasteiger partial charge in [-0.1, -0.05) is 0 Å². The molecule has 2 N–H and O–H groups in total. The van der Waals surface area contributed by atoms with Crippen LogP contribution in [0.2, 0.25) is 0 Å². The van der Waals surface area contributed by atoms with E-state index in [1.807, 2.05) is 6.92 Å². The Labute approximate surface area is 143 Å². The molecular formula is C16H29N5OS. The minimum atomic E-state index is 0.778. The fourth-order valence-electron chi connectivity index (χ4n) is 2.52. The summed E-state index contributed by atoms with van der Waals surface area (Å²) in [7, 11) is 1.80. The van der Waals surface area contributed by atoms with Crippen molar-refractivity contribution in [3.63, 3.8) is 0 Å². The van der Waals surface area contributed by atoms with Crippen LogP contribution in [-0.4, -0.2) is 57.4 Å². The number of rotatable bonds is 9. The highest BCUT2D eigenvalue weighted by molar-refractivity contribution is 7.13. The smallest absolute Gasteiger partial charge is 0.190 e. The maximum atomic E-state index is 5.32. The van der Waals surface area contributed by atoms with Gasteiger partial charge < -0.3 is 20.3 Å². The minimum absolute atomic E-state index is 0.778. The van der Waals surface area contributed by atoms with Crippen molar-refractivity contribution in [1.82, 2.24) is 15.6 Å². The SMILES string of the molecule is CCOCCCNC(=NC)NCCc1csc(N2CCCC2)n1. The van der Waals surface area contributed by atoms with Gasteiger partial charge in [0, 0.05) is 58.2 Å². The second-order valence-corrected chi connectivity index (χ2v) is 6.38. The Morgan fingerprint density at radius 3 is 2.87 bits per heavy atom. The third-order valence-corrected chi connectivity index (χ3v) is 4.73. The highest BCUT2D eigenvalue weighted by Gasteiger charge is 2.15. The van der Waals surface area contributed by atoms with Crippen LogP contribution in [0.5, 0.6) is 0 Å². The van der Waals surface area contributed by atoms with E-state index in [1.165, 1.54) is 18.0 Å². The lowest BCUT2D eigenvalue weighted by Crippen LogP contribution is -2.39. The van der Waals surface area contributed by atoms with Gasteiger partial charge in [0.1, 0.15) is 0 Å². The minimum Gasteiger partial charge on any atom is -0.382 e. The van der Waals surface area contributed by atoms with Crippen molar-refractivity contribution in [1.29, 1.82) is 0 Å². The molecule has 1 saturated heterocycles. The molecule has 7 heteroatoms. The number of ether oxygens (including phenoxy) is 1. The predicted octanol–water partition coefficient (Wildman–Crippen LogP) is 1.88. The van der Waals surface area contributed by atoms with E-state index < -0.39 is 0 Å². The Balaban J connectivity index is 1.63. The van der Waals surface area contributed by atoms with E-state index in [0.29, 0.717) is 0 Å². The summed E-state index contributed by atoms with van der Waals surface area (Å²) in [5, 5.41) is 9.99. The summed E-state index contributed by atoms with van der Waals surface area (Å²) < 4.78 is 5.32. The first-order valence-electron chi connectivity index (χ1n) is 8.55. The number of anilines is 1. The monoisotopic (exact) mass is 339 g/mol. The van der Waals surface area contributed by atoms with Gasteiger partial charge in [0.2, 0.25) is 0 Å². The molecule has 2 rings (SSSR count). The van der Waals surface area contributed by atoms with E-state index in [0.717, 1.165) is 63.9 Å². The molecule has 0 atom stereocenters. The molecule has 0 unspecified atom stereocenters. The summed E-state index contributed by atoms with van der Waals surface area (Å²) in [5.41, 5.74) is 1.16. The molecule has 0 aromatic carbocycles. The highest BCUT2D eigenvalue weighted by Crippen LogP contribution is 2.24. The summed E-state index contributed by atoms with van der Waals surface area (Å²) in [5.74, 6) is 0.844. The van der Waals surface area contributed by atoms with E-state index in [-0.39, 0.29) is 0 Å². The van der Waals surface area contributed by atoms with E-state index in [9.17, 15) is 0 Å². The molecule has 0 saturated carbocycles. The Kier molecular flexibility index (Phi) is 8.17. The van der Waals surface area contributed by atoms with Gasteiger partial charge in [-0.25, -0.2) is 4.98 Å². The van der Waals surface area contributed by atoms with Gasteiger partial charge in [0.15, 0.2) is 11.1 Å². The number of nitrogens with one attached hydrogen (secondary N) is 2. The van der Waals surface area contributed by atoms with Crippen molar-refractivity contribution in [3.8, 4) is 0 Å². The third-order valence-electron chi connectivity index (χ3n) is 3.78. The van der Waals surface area contributed by atoms with Crippen LogP contribution in [0.3, 0.4) is 0 Å². The van der Waals surface area contributed by atoms with E-state index >= 15 is 0 Å². The number of hydrogen-bond acceptors (Lipinski definition) is 5. The molecular weight excluding hydrogens is 310 g/mol. The van der Waals surface area contributed by atoms with Gasteiger partial charge in [0.05, 0.1) is 5.69 Å². The second-order valence-electron chi connectivity index (χ2n) is 5.54. The number of nitrogens with zero attached hydrogens (tertiary/aromatic N) is 3. The molecule has 1 aromatic rings. The standard InChI is InChI=1S/C16H29N5OS/c1-3-22-12-6-8-18-15(17-2)19-9-7-14-13-23-16(20-14)21-10-4-5-11-21/h13H,3-12H2,1-2H3,(H2,17,18,19). The lowest BCUT2D eigenvalue weighted by molar-refractivity contribution is 0.145. The quantitative estimate of drug-likeness (QED) is 0.409. The maximum absolute atomic E-state index is 5.32. The molecule has 0 aliphatic carbocycles. The van der Waals surface area contributed by atoms with Crippen LogP contribution in [0.15, 0.2) is 10.4 Å². The molecule has 6 nitrogen and oxygen atoms in total. The van der Waals surface area contributed by atoms with Crippen molar-refractivity contribution in [2.45, 2.75) is 32.6 Å². The van der Waals surface area contributed by atoms with Crippen molar-refractivity contribution < 1.29 is 4.74 Å². The molecule has 1 fully saturated rings. The normalized spacial score (nSPS) is 15.2. The van der Waals surface area contributed by atoms with E-state index in [4.69, 9.17) is 9.72 Å². The van der Waals surface area contributed by atoms with Gasteiger partial charge in [0.25, 0.3) is 0 Å². The number of hydrogen-bond donors (Lipinski definition) is 2. The van der Waals surface area contributed by atoms with Crippen LogP contribution in [0.25, 0.3) is 0 Å². The summed E-state index contributed by atoms with van der Waals surface area (Å²) in [4.78, 5) is 11.4. The zero-order chi connectivity index (χ0) is 16.3. The number of guanidine groups is 1. The van der Waals surface area contributed by atoms with Gasteiger partial charge in [-0.3, -0.25) is 4.99 Å². The topological polar surface area (TPSA) is 61.8 Å². The first kappa shape index (κ1) is 18.0. The zero-order valence-electron chi connectivity index (χ0n) is 14.3. The summed E-state index contributed by atoms with van der Waals surface area (Å²) in [6.45, 7) is 7.61. The fraction of sp³-hybridized carbons (Fsp3) is 0.750. The van der Waals surface area contributed by atoms with Crippen LogP contribution in [0.1, 0.15) is 31.9 Å². The van der Waals surface area contributed by atoms with Crippen LogP contribution in [-0.2, 0) is 11.2 Å². The number of aromatic nitrogens is 1. The Morgan fingerprint density at radius 2 is 2.13 bits per heavy atom. The summed E-state index contributed by atoms with van der Waals surface area (Å²) >= 11 is 1.76. The predicted molar refractivity (Wildman–Crippen MR) is 97.7 cm³/mol. The lowest BCUT2D eigenvalue weighted by atomic mass is 10.3. The molecule has 23 heavy (non-hydrogen) atoms. The Bertz CT molecular complexity index is 471. The third kappa shape index (κ3) is 6.35. The van der Waals surface area contributed by atoms with Crippen LogP contribution in [0, 0.1) is 0 Å². The van der Waals surface area contributed by atoms with E-state index in [2.05, 4.69) is 25.9 Å². The summed E-state index contributed by atoms with van der Waals surface area (Å²) in [6, 6.07) is 0. The van der Waals surface area contributed by atoms with Crippen LogP contribution in [0.4, 0.5) is 5.13 Å². The zero-order valence-corrected chi connectivity index (χ0v) is 15.1. The van der Waals surface area contributed by atoms with Gasteiger partial charge >= 0.3 is 0 Å². The lowest BCUT2D eigenvalue weighted by Gasteiger charge is -2.12. The average Bonchev–Trinajstić information content (AvgIpc) is 3.24. The Hall–Kier alpha value is -1.34. The Morgan fingerprint density at radius 1 is 1.35 bits per heavy atom. The summed E-state index contributed by atoms with van der Waals surface area (Å²) in [6.07, 6.45) is 4.49. The number of aliphatic imine (C=N–C) groups is 1. The van der Waals surface area contributed by atoms with Gasteiger partial charge in [-0.05, 0) is 26.2 Å². The molecule has 1 aliphatic heterocycles. The average molecular weight is 340 g/mol. The van der Waals surface area contributed by atoms with Crippen molar-refractivity contribution in [2.24, 2.45) is 4.99 Å².